The number of anilines is 1. The maximum absolute atomic E-state index is 12.4. The Morgan fingerprint density at radius 1 is 1.24 bits per heavy atom. The van der Waals surface area contributed by atoms with Gasteiger partial charge in [-0.15, -0.1) is 0 Å². The van der Waals surface area contributed by atoms with Crippen LogP contribution >= 0.6 is 39.1 Å². The normalized spacial score (nSPS) is 12.6. The van der Waals surface area contributed by atoms with Gasteiger partial charge in [0.05, 0.1) is 10.7 Å². The smallest absolute Gasteiger partial charge is 0.266 e. The number of fused-ring (bicyclic) bond motifs is 1. The third-order valence-electron chi connectivity index (χ3n) is 3.33. The first kappa shape index (κ1) is 17.6. The van der Waals surface area contributed by atoms with Gasteiger partial charge in [0, 0.05) is 9.50 Å². The Morgan fingerprint density at radius 2 is 1.96 bits per heavy atom. The molecule has 0 spiro atoms. The van der Waals surface area contributed by atoms with E-state index in [0.717, 1.165) is 0 Å². The van der Waals surface area contributed by atoms with Crippen LogP contribution in [-0.4, -0.2) is 12.7 Å². The van der Waals surface area contributed by atoms with Gasteiger partial charge in [0.1, 0.15) is 11.6 Å². The maximum atomic E-state index is 12.4. The minimum Gasteiger partial charge on any atom is -0.454 e. The van der Waals surface area contributed by atoms with Crippen molar-refractivity contribution < 1.29 is 14.3 Å². The third kappa shape index (κ3) is 3.90. The van der Waals surface area contributed by atoms with Crippen LogP contribution in [0.2, 0.25) is 10.0 Å². The van der Waals surface area contributed by atoms with Gasteiger partial charge in [-0.3, -0.25) is 4.79 Å². The number of nitrogens with zero attached hydrogens (tertiary/aromatic N) is 1. The number of ether oxygens (including phenoxy) is 2. The number of halogens is 3. The summed E-state index contributed by atoms with van der Waals surface area (Å²) in [6.07, 6.45) is 1.44. The second-order valence-corrected chi connectivity index (χ2v) is 6.67. The summed E-state index contributed by atoms with van der Waals surface area (Å²) in [7, 11) is 0. The molecule has 0 unspecified atom stereocenters. The molecule has 0 atom stereocenters. The fourth-order valence-electron chi connectivity index (χ4n) is 2.13. The van der Waals surface area contributed by atoms with Crippen molar-refractivity contribution in [3.8, 4) is 17.6 Å². The molecule has 1 aliphatic rings. The van der Waals surface area contributed by atoms with E-state index in [0.29, 0.717) is 37.3 Å². The molecule has 1 N–H and O–H groups in total. The van der Waals surface area contributed by atoms with Crippen molar-refractivity contribution in [1.82, 2.24) is 0 Å². The molecule has 0 fully saturated rings. The first-order valence-electron chi connectivity index (χ1n) is 6.95. The number of hydrogen-bond donors (Lipinski definition) is 1. The van der Waals surface area contributed by atoms with Crippen LogP contribution in [0.5, 0.6) is 11.5 Å². The van der Waals surface area contributed by atoms with E-state index in [1.807, 2.05) is 6.07 Å². The van der Waals surface area contributed by atoms with E-state index in [1.165, 1.54) is 12.1 Å². The van der Waals surface area contributed by atoms with E-state index in [2.05, 4.69) is 21.2 Å². The van der Waals surface area contributed by atoms with Crippen LogP contribution in [0, 0.1) is 11.3 Å². The standard InChI is InChI=1S/C17H9BrCl2N2O3/c18-12-6-16-15(24-8-25-16)4-9(12)3-10(7-21)17(23)22-14-5-11(19)1-2-13(14)20/h1-6H,8H2,(H,22,23)/b10-3+. The SMILES string of the molecule is N#C/C(=C\c1cc2c(cc1Br)OCO2)C(=O)Nc1cc(Cl)ccc1Cl. The summed E-state index contributed by atoms with van der Waals surface area (Å²) in [6, 6.07) is 9.95. The van der Waals surface area contributed by atoms with Crippen LogP contribution < -0.4 is 14.8 Å². The first-order chi connectivity index (χ1) is 12.0. The molecule has 0 aromatic heterocycles. The molecule has 1 aliphatic heterocycles. The Labute approximate surface area is 161 Å². The monoisotopic (exact) mass is 438 g/mol. The molecule has 3 rings (SSSR count). The summed E-state index contributed by atoms with van der Waals surface area (Å²) in [5.74, 6) is 0.541. The predicted octanol–water partition coefficient (Wildman–Crippen LogP) is 5.03. The van der Waals surface area contributed by atoms with Gasteiger partial charge in [-0.05, 0) is 42.0 Å². The summed E-state index contributed by atoms with van der Waals surface area (Å²) in [6.45, 7) is 0.133. The molecular weight excluding hydrogens is 431 g/mol. The lowest BCUT2D eigenvalue weighted by Gasteiger charge is -2.07. The first-order valence-corrected chi connectivity index (χ1v) is 8.50. The summed E-state index contributed by atoms with van der Waals surface area (Å²) in [4.78, 5) is 12.4. The number of carbonyl (C=O) groups is 1. The summed E-state index contributed by atoms with van der Waals surface area (Å²) >= 11 is 15.3. The van der Waals surface area contributed by atoms with Crippen LogP contribution in [0.1, 0.15) is 5.56 Å². The fourth-order valence-corrected chi connectivity index (χ4v) is 2.90. The van der Waals surface area contributed by atoms with Crippen LogP contribution in [-0.2, 0) is 4.79 Å². The van der Waals surface area contributed by atoms with Crippen LogP contribution in [0.15, 0.2) is 40.4 Å². The lowest BCUT2D eigenvalue weighted by Crippen LogP contribution is -2.13. The largest absolute Gasteiger partial charge is 0.454 e. The van der Waals surface area contributed by atoms with Crippen molar-refractivity contribution in [3.05, 3.63) is 56.0 Å². The predicted molar refractivity (Wildman–Crippen MR) is 98.9 cm³/mol. The summed E-state index contributed by atoms with van der Waals surface area (Å²) < 4.78 is 11.2. The lowest BCUT2D eigenvalue weighted by atomic mass is 10.1. The molecule has 2 aromatic carbocycles. The highest BCUT2D eigenvalue weighted by atomic mass is 79.9. The second-order valence-electron chi connectivity index (χ2n) is 4.98. The molecule has 25 heavy (non-hydrogen) atoms. The van der Waals surface area contributed by atoms with Gasteiger partial charge in [0.15, 0.2) is 11.5 Å². The highest BCUT2D eigenvalue weighted by molar-refractivity contribution is 9.10. The van der Waals surface area contributed by atoms with Crippen molar-refractivity contribution in [3.63, 3.8) is 0 Å². The van der Waals surface area contributed by atoms with E-state index in [1.54, 1.807) is 24.3 Å². The zero-order chi connectivity index (χ0) is 18.0. The summed E-state index contributed by atoms with van der Waals surface area (Å²) in [5, 5.41) is 12.6. The number of rotatable bonds is 3. The number of carbonyl (C=O) groups excluding carboxylic acids is 1. The molecule has 0 saturated heterocycles. The maximum Gasteiger partial charge on any atom is 0.266 e. The zero-order valence-electron chi connectivity index (χ0n) is 12.5. The Hall–Kier alpha value is -2.20. The minimum atomic E-state index is -0.601. The van der Waals surface area contributed by atoms with Crippen molar-refractivity contribution in [2.24, 2.45) is 0 Å². The van der Waals surface area contributed by atoms with E-state index >= 15 is 0 Å². The van der Waals surface area contributed by atoms with E-state index in [-0.39, 0.29) is 12.4 Å². The van der Waals surface area contributed by atoms with Crippen molar-refractivity contribution in [2.75, 3.05) is 12.1 Å². The number of amides is 1. The van der Waals surface area contributed by atoms with Gasteiger partial charge in [-0.25, -0.2) is 0 Å². The average Bonchev–Trinajstić information content (AvgIpc) is 3.02. The van der Waals surface area contributed by atoms with Crippen LogP contribution in [0.25, 0.3) is 6.08 Å². The third-order valence-corrected chi connectivity index (χ3v) is 4.58. The Kier molecular flexibility index (Phi) is 5.19. The lowest BCUT2D eigenvalue weighted by molar-refractivity contribution is -0.112. The number of nitriles is 1. The van der Waals surface area contributed by atoms with Crippen molar-refractivity contribution in [2.45, 2.75) is 0 Å². The van der Waals surface area contributed by atoms with E-state index < -0.39 is 5.91 Å². The van der Waals surface area contributed by atoms with Gasteiger partial charge >= 0.3 is 0 Å². The zero-order valence-corrected chi connectivity index (χ0v) is 15.6. The minimum absolute atomic E-state index is 0.101. The molecular formula is C17H9BrCl2N2O3. The molecule has 0 radical (unpaired) electrons. The topological polar surface area (TPSA) is 71.3 Å². The van der Waals surface area contributed by atoms with Gasteiger partial charge in [-0.2, -0.15) is 5.26 Å². The van der Waals surface area contributed by atoms with E-state index in [9.17, 15) is 10.1 Å². The molecule has 1 heterocycles. The number of nitrogens with one attached hydrogen (secondary N) is 1. The second kappa shape index (κ2) is 7.36. The van der Waals surface area contributed by atoms with Gasteiger partial charge in [0.25, 0.3) is 5.91 Å². The van der Waals surface area contributed by atoms with Gasteiger partial charge in [0.2, 0.25) is 6.79 Å². The number of hydrogen-bond acceptors (Lipinski definition) is 4. The molecule has 1 amide bonds. The van der Waals surface area contributed by atoms with Gasteiger partial charge < -0.3 is 14.8 Å². The van der Waals surface area contributed by atoms with E-state index in [4.69, 9.17) is 32.7 Å². The van der Waals surface area contributed by atoms with Crippen molar-refractivity contribution >= 4 is 56.8 Å². The highest BCUT2D eigenvalue weighted by Gasteiger charge is 2.17. The quantitative estimate of drug-likeness (QED) is 0.537. The molecule has 5 nitrogen and oxygen atoms in total. The molecule has 0 bridgehead atoms. The molecule has 0 aliphatic carbocycles. The Morgan fingerprint density at radius 3 is 2.68 bits per heavy atom. The van der Waals surface area contributed by atoms with Crippen molar-refractivity contribution in [1.29, 1.82) is 5.26 Å². The average molecular weight is 440 g/mol. The molecule has 0 saturated carbocycles. The molecule has 126 valence electrons. The fraction of sp³-hybridized carbons (Fsp3) is 0.0588. The van der Waals surface area contributed by atoms with Crippen LogP contribution in [0.4, 0.5) is 5.69 Å². The molecule has 2 aromatic rings. The van der Waals surface area contributed by atoms with Gasteiger partial charge in [-0.1, -0.05) is 39.1 Å². The molecule has 8 heteroatoms. The highest BCUT2D eigenvalue weighted by Crippen LogP contribution is 2.37. The Bertz CT molecular complexity index is 938. The number of benzene rings is 2. The summed E-state index contributed by atoms with van der Waals surface area (Å²) in [5.41, 5.74) is 0.828. The Balaban J connectivity index is 1.89. The van der Waals surface area contributed by atoms with Crippen LogP contribution in [0.3, 0.4) is 0 Å².